The third-order valence-corrected chi connectivity index (χ3v) is 2.26. The van der Waals surface area contributed by atoms with Gasteiger partial charge in [0, 0.05) is 31.2 Å². The normalized spacial score (nSPS) is 10.7. The molecule has 0 saturated carbocycles. The zero-order valence-electron chi connectivity index (χ0n) is 8.90. The van der Waals surface area contributed by atoms with Crippen LogP contribution in [-0.4, -0.2) is 21.3 Å². The smallest absolute Gasteiger partial charge is 0.0534 e. The van der Waals surface area contributed by atoms with Gasteiger partial charge in [-0.25, -0.2) is 0 Å². The van der Waals surface area contributed by atoms with Crippen molar-refractivity contribution in [3.8, 4) is 0 Å². The predicted octanol–water partition coefficient (Wildman–Crippen LogP) is 1.31. The summed E-state index contributed by atoms with van der Waals surface area (Å²) >= 11 is 0. The summed E-state index contributed by atoms with van der Waals surface area (Å²) < 4.78 is 1.96. The largest absolute Gasteiger partial charge is 0.364 e. The lowest BCUT2D eigenvalue weighted by Gasteiger charge is -2.03. The van der Waals surface area contributed by atoms with Crippen LogP contribution < -0.4 is 5.32 Å². The molecule has 0 bridgehead atoms. The molecular formula is C11H16N4. The van der Waals surface area contributed by atoms with Crippen molar-refractivity contribution in [1.82, 2.24) is 20.1 Å². The highest BCUT2D eigenvalue weighted by Crippen LogP contribution is 1.94. The van der Waals surface area contributed by atoms with Gasteiger partial charge in [-0.15, -0.1) is 0 Å². The lowest BCUT2D eigenvalue weighted by Crippen LogP contribution is -2.19. The van der Waals surface area contributed by atoms with Gasteiger partial charge in [-0.1, -0.05) is 0 Å². The van der Waals surface area contributed by atoms with Crippen LogP contribution in [0.5, 0.6) is 0 Å². The van der Waals surface area contributed by atoms with Crippen molar-refractivity contribution in [3.05, 3.63) is 42.0 Å². The van der Waals surface area contributed by atoms with Gasteiger partial charge in [-0.05, 0) is 24.6 Å². The highest BCUT2D eigenvalue weighted by molar-refractivity contribution is 5.03. The molecule has 80 valence electrons. The van der Waals surface area contributed by atoms with E-state index in [-0.39, 0.29) is 0 Å². The Hall–Kier alpha value is -1.55. The summed E-state index contributed by atoms with van der Waals surface area (Å²) in [5, 5.41) is 7.57. The Morgan fingerprint density at radius 3 is 3.13 bits per heavy atom. The SMILES string of the molecule is Cc1cnn(CCNCc2ccc[nH]2)c1. The highest BCUT2D eigenvalue weighted by atomic mass is 15.3. The van der Waals surface area contributed by atoms with Crippen molar-refractivity contribution < 1.29 is 0 Å². The van der Waals surface area contributed by atoms with Crippen LogP contribution in [0.15, 0.2) is 30.7 Å². The predicted molar refractivity (Wildman–Crippen MR) is 59.5 cm³/mol. The Bertz CT molecular complexity index is 388. The summed E-state index contributed by atoms with van der Waals surface area (Å²) in [6.45, 7) is 4.78. The van der Waals surface area contributed by atoms with Crippen molar-refractivity contribution in [2.24, 2.45) is 0 Å². The zero-order valence-corrected chi connectivity index (χ0v) is 8.90. The fraction of sp³-hybridized carbons (Fsp3) is 0.364. The number of nitrogens with one attached hydrogen (secondary N) is 2. The van der Waals surface area contributed by atoms with Crippen LogP contribution >= 0.6 is 0 Å². The molecule has 0 aliphatic carbocycles. The van der Waals surface area contributed by atoms with Gasteiger partial charge in [0.25, 0.3) is 0 Å². The van der Waals surface area contributed by atoms with E-state index in [0.717, 1.165) is 19.6 Å². The van der Waals surface area contributed by atoms with Crippen molar-refractivity contribution in [1.29, 1.82) is 0 Å². The van der Waals surface area contributed by atoms with Crippen molar-refractivity contribution >= 4 is 0 Å². The summed E-state index contributed by atoms with van der Waals surface area (Å²) in [4.78, 5) is 3.15. The Morgan fingerprint density at radius 1 is 1.53 bits per heavy atom. The molecule has 4 nitrogen and oxygen atoms in total. The molecule has 0 aliphatic rings. The molecule has 0 spiro atoms. The number of hydrogen-bond acceptors (Lipinski definition) is 2. The molecule has 4 heteroatoms. The number of rotatable bonds is 5. The van der Waals surface area contributed by atoms with Crippen LogP contribution in [0.2, 0.25) is 0 Å². The third kappa shape index (κ3) is 2.95. The van der Waals surface area contributed by atoms with Gasteiger partial charge >= 0.3 is 0 Å². The van der Waals surface area contributed by atoms with Crippen LogP contribution in [-0.2, 0) is 13.1 Å². The topological polar surface area (TPSA) is 45.6 Å². The van der Waals surface area contributed by atoms with Gasteiger partial charge in [0.2, 0.25) is 0 Å². The minimum atomic E-state index is 0.882. The van der Waals surface area contributed by atoms with Gasteiger partial charge < -0.3 is 10.3 Å². The Labute approximate surface area is 89.3 Å². The molecule has 0 radical (unpaired) electrons. The van der Waals surface area contributed by atoms with Crippen molar-refractivity contribution in [2.75, 3.05) is 6.54 Å². The summed E-state index contributed by atoms with van der Waals surface area (Å²) in [5.74, 6) is 0. The van der Waals surface area contributed by atoms with E-state index in [2.05, 4.69) is 34.6 Å². The molecule has 2 N–H and O–H groups in total. The summed E-state index contributed by atoms with van der Waals surface area (Å²) in [5.41, 5.74) is 2.42. The third-order valence-electron chi connectivity index (χ3n) is 2.26. The van der Waals surface area contributed by atoms with E-state index in [1.807, 2.05) is 23.1 Å². The molecule has 0 aromatic carbocycles. The van der Waals surface area contributed by atoms with E-state index in [9.17, 15) is 0 Å². The van der Waals surface area contributed by atoms with E-state index >= 15 is 0 Å². The molecule has 0 amide bonds. The quantitative estimate of drug-likeness (QED) is 0.721. The average Bonchev–Trinajstić information content (AvgIpc) is 2.84. The molecular weight excluding hydrogens is 188 g/mol. The second kappa shape index (κ2) is 4.79. The molecule has 0 saturated heterocycles. The van der Waals surface area contributed by atoms with E-state index in [1.54, 1.807) is 0 Å². The monoisotopic (exact) mass is 204 g/mol. The lowest BCUT2D eigenvalue weighted by molar-refractivity contribution is 0.552. The number of aromatic amines is 1. The van der Waals surface area contributed by atoms with E-state index < -0.39 is 0 Å². The van der Waals surface area contributed by atoms with Crippen molar-refractivity contribution in [2.45, 2.75) is 20.0 Å². The second-order valence-electron chi connectivity index (χ2n) is 3.65. The van der Waals surface area contributed by atoms with Crippen LogP contribution in [0, 0.1) is 6.92 Å². The highest BCUT2D eigenvalue weighted by Gasteiger charge is 1.94. The first-order valence-corrected chi connectivity index (χ1v) is 5.16. The number of H-pyrrole nitrogens is 1. The van der Waals surface area contributed by atoms with Crippen LogP contribution in [0.25, 0.3) is 0 Å². The number of aromatic nitrogens is 3. The van der Waals surface area contributed by atoms with E-state index in [0.29, 0.717) is 0 Å². The van der Waals surface area contributed by atoms with Gasteiger partial charge in [0.05, 0.1) is 12.7 Å². The van der Waals surface area contributed by atoms with Crippen molar-refractivity contribution in [3.63, 3.8) is 0 Å². The molecule has 0 fully saturated rings. The molecule has 2 aromatic heterocycles. The maximum atomic E-state index is 4.22. The van der Waals surface area contributed by atoms with Gasteiger partial charge in [0.15, 0.2) is 0 Å². The average molecular weight is 204 g/mol. The summed E-state index contributed by atoms with van der Waals surface area (Å²) in [6, 6.07) is 4.08. The fourth-order valence-corrected chi connectivity index (χ4v) is 1.48. The zero-order chi connectivity index (χ0) is 10.5. The van der Waals surface area contributed by atoms with Crippen LogP contribution in [0.1, 0.15) is 11.3 Å². The second-order valence-corrected chi connectivity index (χ2v) is 3.65. The Balaban J connectivity index is 1.67. The van der Waals surface area contributed by atoms with Crippen LogP contribution in [0.4, 0.5) is 0 Å². The first-order chi connectivity index (χ1) is 7.34. The van der Waals surface area contributed by atoms with Gasteiger partial charge in [-0.2, -0.15) is 5.10 Å². The summed E-state index contributed by atoms with van der Waals surface area (Å²) in [7, 11) is 0. The molecule has 2 aromatic rings. The van der Waals surface area contributed by atoms with Gasteiger partial charge in [0.1, 0.15) is 0 Å². The summed E-state index contributed by atoms with van der Waals surface area (Å²) in [6.07, 6.45) is 5.87. The maximum Gasteiger partial charge on any atom is 0.0534 e. The van der Waals surface area contributed by atoms with Gasteiger partial charge in [-0.3, -0.25) is 4.68 Å². The molecule has 2 rings (SSSR count). The Morgan fingerprint density at radius 2 is 2.47 bits per heavy atom. The molecule has 0 unspecified atom stereocenters. The molecule has 0 atom stereocenters. The van der Waals surface area contributed by atoms with E-state index in [4.69, 9.17) is 0 Å². The molecule has 15 heavy (non-hydrogen) atoms. The number of hydrogen-bond donors (Lipinski definition) is 2. The molecule has 2 heterocycles. The van der Waals surface area contributed by atoms with E-state index in [1.165, 1.54) is 11.3 Å². The number of nitrogens with zero attached hydrogens (tertiary/aromatic N) is 2. The number of aryl methyl sites for hydroxylation is 1. The van der Waals surface area contributed by atoms with Crippen LogP contribution in [0.3, 0.4) is 0 Å². The molecule has 0 aliphatic heterocycles. The maximum absolute atomic E-state index is 4.22. The first-order valence-electron chi connectivity index (χ1n) is 5.16. The lowest BCUT2D eigenvalue weighted by atomic mass is 10.4. The minimum Gasteiger partial charge on any atom is -0.364 e. The minimum absolute atomic E-state index is 0.882. The fourth-order valence-electron chi connectivity index (χ4n) is 1.48. The first kappa shape index (κ1) is 9.98. The Kier molecular flexibility index (Phi) is 3.19. The standard InChI is InChI=1S/C11H16N4/c1-10-7-14-15(9-10)6-5-12-8-11-3-2-4-13-11/h2-4,7,9,12-13H,5-6,8H2,1H3.